The van der Waals surface area contributed by atoms with Crippen LogP contribution in [0.15, 0.2) is 12.3 Å². The van der Waals surface area contributed by atoms with Gasteiger partial charge in [0.2, 0.25) is 0 Å². The van der Waals surface area contributed by atoms with Gasteiger partial charge in [0.15, 0.2) is 11.6 Å². The fourth-order valence-corrected chi connectivity index (χ4v) is 1.84. The molecule has 0 atom stereocenters. The second kappa shape index (κ2) is 7.40. The van der Waals surface area contributed by atoms with Crippen LogP contribution >= 0.6 is 11.8 Å². The van der Waals surface area contributed by atoms with Crippen molar-refractivity contribution in [3.05, 3.63) is 23.9 Å². The van der Waals surface area contributed by atoms with E-state index >= 15 is 0 Å². The first-order valence-corrected chi connectivity index (χ1v) is 6.13. The Morgan fingerprint density at radius 2 is 2.19 bits per heavy atom. The van der Waals surface area contributed by atoms with Crippen molar-refractivity contribution in [1.82, 2.24) is 4.98 Å². The third-order valence-electron chi connectivity index (χ3n) is 1.79. The van der Waals surface area contributed by atoms with Crippen LogP contribution in [0.5, 0.6) is 0 Å². The predicted molar refractivity (Wildman–Crippen MR) is 61.7 cm³/mol. The Labute approximate surface area is 97.3 Å². The number of hydrogen-bond acceptors (Lipinski definition) is 4. The molecule has 1 rings (SSSR count). The van der Waals surface area contributed by atoms with Crippen LogP contribution in [-0.4, -0.2) is 34.7 Å². The molecule has 1 aromatic heterocycles. The average Bonchev–Trinajstić information content (AvgIpc) is 2.26. The molecule has 0 aliphatic carbocycles. The number of aliphatic hydroxyl groups is 1. The van der Waals surface area contributed by atoms with Gasteiger partial charge in [0.05, 0.1) is 6.20 Å². The molecular formula is C10H14F2N2OS. The minimum atomic E-state index is -0.680. The Hall–Kier alpha value is -0.880. The summed E-state index contributed by atoms with van der Waals surface area (Å²) in [6.07, 6.45) is 1.73. The maximum Gasteiger partial charge on any atom is 0.168 e. The van der Waals surface area contributed by atoms with Crippen LogP contribution in [0.2, 0.25) is 0 Å². The molecule has 3 nitrogen and oxygen atoms in total. The van der Waals surface area contributed by atoms with E-state index in [0.717, 1.165) is 30.2 Å². The Morgan fingerprint density at radius 1 is 1.38 bits per heavy atom. The first-order valence-electron chi connectivity index (χ1n) is 4.97. The van der Waals surface area contributed by atoms with E-state index < -0.39 is 11.6 Å². The number of nitrogens with one attached hydrogen (secondary N) is 1. The molecule has 2 N–H and O–H groups in total. The van der Waals surface area contributed by atoms with Crippen molar-refractivity contribution < 1.29 is 13.9 Å². The lowest BCUT2D eigenvalue weighted by Crippen LogP contribution is -2.08. The lowest BCUT2D eigenvalue weighted by atomic mass is 10.4. The van der Waals surface area contributed by atoms with Gasteiger partial charge in [-0.2, -0.15) is 11.8 Å². The molecule has 0 aromatic carbocycles. The lowest BCUT2D eigenvalue weighted by molar-refractivity contribution is 0.296. The predicted octanol–water partition coefficient (Wildman–Crippen LogP) is 1.89. The van der Waals surface area contributed by atoms with Gasteiger partial charge in [0.25, 0.3) is 0 Å². The van der Waals surface area contributed by atoms with E-state index in [2.05, 4.69) is 10.3 Å². The molecule has 0 saturated carbocycles. The van der Waals surface area contributed by atoms with Crippen molar-refractivity contribution in [3.8, 4) is 0 Å². The molecule has 0 aliphatic rings. The smallest absolute Gasteiger partial charge is 0.168 e. The normalized spacial score (nSPS) is 10.4. The minimum Gasteiger partial charge on any atom is -0.396 e. The summed E-state index contributed by atoms with van der Waals surface area (Å²) in [5, 5.41) is 11.3. The van der Waals surface area contributed by atoms with Crippen molar-refractivity contribution >= 4 is 17.6 Å². The van der Waals surface area contributed by atoms with Crippen LogP contribution in [0, 0.1) is 11.6 Å². The van der Waals surface area contributed by atoms with Crippen LogP contribution in [0.3, 0.4) is 0 Å². The van der Waals surface area contributed by atoms with Crippen molar-refractivity contribution in [2.24, 2.45) is 0 Å². The van der Waals surface area contributed by atoms with E-state index in [1.807, 2.05) is 0 Å². The van der Waals surface area contributed by atoms with E-state index in [4.69, 9.17) is 5.11 Å². The van der Waals surface area contributed by atoms with Gasteiger partial charge in [0.1, 0.15) is 5.82 Å². The summed E-state index contributed by atoms with van der Waals surface area (Å²) in [5.41, 5.74) is 0. The largest absolute Gasteiger partial charge is 0.396 e. The second-order valence-corrected chi connectivity index (χ2v) is 4.33. The lowest BCUT2D eigenvalue weighted by Gasteiger charge is -2.05. The van der Waals surface area contributed by atoms with Crippen LogP contribution in [-0.2, 0) is 0 Å². The molecule has 90 valence electrons. The first kappa shape index (κ1) is 13.2. The standard InChI is InChI=1S/C10H14F2N2OS/c11-8-6-9(12)10(14-7-8)13-2-5-16-4-1-3-15/h6-7,15H,1-5H2,(H,13,14). The molecule has 1 heterocycles. The van der Waals surface area contributed by atoms with Gasteiger partial charge in [-0.1, -0.05) is 0 Å². The molecule has 1 aromatic rings. The molecule has 0 spiro atoms. The number of anilines is 1. The summed E-state index contributed by atoms with van der Waals surface area (Å²) >= 11 is 1.66. The van der Waals surface area contributed by atoms with Gasteiger partial charge in [-0.3, -0.25) is 0 Å². The van der Waals surface area contributed by atoms with Crippen LogP contribution in [0.1, 0.15) is 6.42 Å². The van der Waals surface area contributed by atoms with Gasteiger partial charge in [-0.25, -0.2) is 13.8 Å². The number of pyridine rings is 1. The van der Waals surface area contributed by atoms with Crippen molar-refractivity contribution in [2.45, 2.75) is 6.42 Å². The molecular weight excluding hydrogens is 234 g/mol. The maximum atomic E-state index is 13.1. The van der Waals surface area contributed by atoms with Gasteiger partial charge < -0.3 is 10.4 Å². The summed E-state index contributed by atoms with van der Waals surface area (Å²) in [6.45, 7) is 0.750. The molecule has 6 heteroatoms. The number of aliphatic hydroxyl groups excluding tert-OH is 1. The van der Waals surface area contributed by atoms with E-state index in [1.54, 1.807) is 11.8 Å². The molecule has 0 fully saturated rings. The van der Waals surface area contributed by atoms with Crippen molar-refractivity contribution in [1.29, 1.82) is 0 Å². The molecule has 0 unspecified atom stereocenters. The Balaban J connectivity index is 2.21. The van der Waals surface area contributed by atoms with Crippen molar-refractivity contribution in [2.75, 3.05) is 30.0 Å². The number of nitrogens with zero attached hydrogens (tertiary/aromatic N) is 1. The van der Waals surface area contributed by atoms with E-state index in [1.165, 1.54) is 0 Å². The van der Waals surface area contributed by atoms with E-state index in [9.17, 15) is 8.78 Å². The highest BCUT2D eigenvalue weighted by Crippen LogP contribution is 2.11. The third kappa shape index (κ3) is 4.76. The Bertz CT molecular complexity index is 326. The van der Waals surface area contributed by atoms with E-state index in [-0.39, 0.29) is 12.4 Å². The Kier molecular flexibility index (Phi) is 6.10. The molecule has 0 saturated heterocycles. The van der Waals surface area contributed by atoms with Crippen LogP contribution in [0.25, 0.3) is 0 Å². The maximum absolute atomic E-state index is 13.1. The SMILES string of the molecule is OCCCSCCNc1ncc(F)cc1F. The zero-order valence-corrected chi connectivity index (χ0v) is 9.57. The summed E-state index contributed by atoms with van der Waals surface area (Å²) in [4.78, 5) is 3.60. The average molecular weight is 248 g/mol. The van der Waals surface area contributed by atoms with Gasteiger partial charge in [-0.15, -0.1) is 0 Å². The number of thioether (sulfide) groups is 1. The fourth-order valence-electron chi connectivity index (χ4n) is 1.05. The highest BCUT2D eigenvalue weighted by atomic mass is 32.2. The summed E-state index contributed by atoms with van der Waals surface area (Å²) in [7, 11) is 0. The fraction of sp³-hybridized carbons (Fsp3) is 0.500. The van der Waals surface area contributed by atoms with Gasteiger partial charge >= 0.3 is 0 Å². The molecule has 0 amide bonds. The van der Waals surface area contributed by atoms with Gasteiger partial charge in [-0.05, 0) is 12.2 Å². The quantitative estimate of drug-likeness (QED) is 0.723. The number of hydrogen-bond donors (Lipinski definition) is 2. The second-order valence-electron chi connectivity index (χ2n) is 3.10. The molecule has 16 heavy (non-hydrogen) atoms. The number of halogens is 2. The molecule has 0 bridgehead atoms. The number of rotatable bonds is 7. The van der Waals surface area contributed by atoms with Crippen molar-refractivity contribution in [3.63, 3.8) is 0 Å². The highest BCUT2D eigenvalue weighted by molar-refractivity contribution is 7.99. The zero-order valence-electron chi connectivity index (χ0n) is 8.75. The topological polar surface area (TPSA) is 45.1 Å². The minimum absolute atomic E-state index is 0.0733. The van der Waals surface area contributed by atoms with E-state index in [0.29, 0.717) is 6.54 Å². The van der Waals surface area contributed by atoms with Crippen LogP contribution < -0.4 is 5.32 Å². The summed E-state index contributed by atoms with van der Waals surface area (Å²) in [6, 6.07) is 0.800. The highest BCUT2D eigenvalue weighted by Gasteiger charge is 2.03. The van der Waals surface area contributed by atoms with Gasteiger partial charge in [0, 0.05) is 25.0 Å². The summed E-state index contributed by atoms with van der Waals surface area (Å²) in [5.74, 6) is 0.376. The molecule has 0 aliphatic heterocycles. The molecule has 0 radical (unpaired) electrons. The first-order chi connectivity index (χ1) is 7.74. The monoisotopic (exact) mass is 248 g/mol. The Morgan fingerprint density at radius 3 is 2.88 bits per heavy atom. The van der Waals surface area contributed by atoms with Crippen LogP contribution in [0.4, 0.5) is 14.6 Å². The zero-order chi connectivity index (χ0) is 11.8. The number of aromatic nitrogens is 1. The third-order valence-corrected chi connectivity index (χ3v) is 2.86. The summed E-state index contributed by atoms with van der Waals surface area (Å²) < 4.78 is 25.6.